The van der Waals surface area contributed by atoms with Crippen molar-refractivity contribution >= 4 is 40.0 Å². The molecule has 1 aliphatic rings. The summed E-state index contributed by atoms with van der Waals surface area (Å²) >= 11 is 2.97. The van der Waals surface area contributed by atoms with Crippen LogP contribution in [0.1, 0.15) is 6.42 Å². The first kappa shape index (κ1) is 11.4. The maximum atomic E-state index is 11.8. The highest BCUT2D eigenvalue weighted by atomic mass is 32.2. The summed E-state index contributed by atoms with van der Waals surface area (Å²) in [7, 11) is 0. The summed E-state index contributed by atoms with van der Waals surface area (Å²) in [4.78, 5) is 27.0. The molecule has 2 amide bonds. The molecule has 0 radical (unpaired) electrons. The van der Waals surface area contributed by atoms with Crippen LogP contribution in [-0.2, 0) is 9.59 Å². The zero-order valence-corrected chi connectivity index (χ0v) is 10.1. The Hall–Kier alpha value is -1.08. The number of hydrogen-bond donors (Lipinski definition) is 2. The number of amides is 2. The van der Waals surface area contributed by atoms with Crippen molar-refractivity contribution in [2.45, 2.75) is 12.5 Å². The molecule has 1 aromatic rings. The molecule has 1 aromatic heterocycles. The maximum Gasteiger partial charge on any atom is 0.249 e. The fourth-order valence-corrected chi connectivity index (χ4v) is 2.79. The minimum Gasteiger partial charge on any atom is -0.343 e. The Labute approximate surface area is 101 Å². The first-order chi connectivity index (χ1) is 7.75. The number of thiazole rings is 1. The Bertz CT molecular complexity index is 380. The molecule has 16 heavy (non-hydrogen) atoms. The second-order valence-corrected chi connectivity index (χ2v) is 5.32. The van der Waals surface area contributed by atoms with Crippen molar-refractivity contribution in [2.24, 2.45) is 0 Å². The number of nitrogens with one attached hydrogen (secondary N) is 2. The first-order valence-electron chi connectivity index (χ1n) is 4.83. The predicted molar refractivity (Wildman–Crippen MR) is 64.6 cm³/mol. The van der Waals surface area contributed by atoms with Crippen LogP contribution in [0, 0.1) is 0 Å². The van der Waals surface area contributed by atoms with Crippen molar-refractivity contribution in [3.8, 4) is 0 Å². The van der Waals surface area contributed by atoms with Gasteiger partial charge in [-0.2, -0.15) is 11.8 Å². The number of carbonyl (C=O) groups is 2. The second-order valence-electron chi connectivity index (χ2n) is 3.27. The molecule has 5 nitrogen and oxygen atoms in total. The minimum absolute atomic E-state index is 0.0655. The van der Waals surface area contributed by atoms with E-state index in [1.807, 2.05) is 0 Å². The van der Waals surface area contributed by atoms with Gasteiger partial charge in [-0.25, -0.2) is 4.98 Å². The van der Waals surface area contributed by atoms with Crippen LogP contribution in [0.3, 0.4) is 0 Å². The number of anilines is 1. The fraction of sp³-hybridized carbons (Fsp3) is 0.444. The number of nitrogens with zero attached hydrogens (tertiary/aromatic N) is 1. The van der Waals surface area contributed by atoms with Gasteiger partial charge in [0.15, 0.2) is 5.13 Å². The normalized spacial score (nSPS) is 21.0. The van der Waals surface area contributed by atoms with Gasteiger partial charge in [-0.3, -0.25) is 9.59 Å². The van der Waals surface area contributed by atoms with Gasteiger partial charge in [0.05, 0.1) is 0 Å². The highest BCUT2D eigenvalue weighted by molar-refractivity contribution is 7.99. The lowest BCUT2D eigenvalue weighted by molar-refractivity contribution is -0.125. The summed E-state index contributed by atoms with van der Waals surface area (Å²) in [6.45, 7) is 0. The van der Waals surface area contributed by atoms with Gasteiger partial charge in [-0.05, 0) is 0 Å². The van der Waals surface area contributed by atoms with E-state index in [-0.39, 0.29) is 11.8 Å². The smallest absolute Gasteiger partial charge is 0.249 e. The van der Waals surface area contributed by atoms with Crippen LogP contribution in [0.15, 0.2) is 11.6 Å². The van der Waals surface area contributed by atoms with Crippen molar-refractivity contribution < 1.29 is 9.59 Å². The van der Waals surface area contributed by atoms with E-state index in [4.69, 9.17) is 0 Å². The summed E-state index contributed by atoms with van der Waals surface area (Å²) in [5.41, 5.74) is 0. The predicted octanol–water partition coefficient (Wildman–Crippen LogP) is 0.703. The lowest BCUT2D eigenvalue weighted by Gasteiger charge is -2.13. The van der Waals surface area contributed by atoms with E-state index in [9.17, 15) is 9.59 Å². The third kappa shape index (κ3) is 2.96. The number of aromatic nitrogens is 1. The van der Waals surface area contributed by atoms with Crippen LogP contribution < -0.4 is 10.6 Å². The highest BCUT2D eigenvalue weighted by Crippen LogP contribution is 2.14. The van der Waals surface area contributed by atoms with Crippen molar-refractivity contribution in [3.63, 3.8) is 0 Å². The minimum atomic E-state index is -0.455. The van der Waals surface area contributed by atoms with Crippen molar-refractivity contribution in [1.29, 1.82) is 0 Å². The van der Waals surface area contributed by atoms with Crippen LogP contribution in [0.5, 0.6) is 0 Å². The molecule has 2 heterocycles. The Kier molecular flexibility index (Phi) is 3.79. The molecule has 1 atom stereocenters. The standard InChI is InChI=1S/C9H11N3O2S2/c13-7-1-3-15-5-6(11-7)8(14)12-9-10-2-4-16-9/h2,4,6H,1,3,5H2,(H,11,13)(H,10,12,14)/t6-/m1/s1. The average Bonchev–Trinajstić information content (AvgIpc) is 2.65. The molecule has 1 fully saturated rings. The van der Waals surface area contributed by atoms with Gasteiger partial charge < -0.3 is 10.6 Å². The zero-order valence-electron chi connectivity index (χ0n) is 8.43. The van der Waals surface area contributed by atoms with E-state index in [1.54, 1.807) is 23.3 Å². The summed E-state index contributed by atoms with van der Waals surface area (Å²) in [6, 6.07) is -0.455. The maximum absolute atomic E-state index is 11.8. The van der Waals surface area contributed by atoms with Gasteiger partial charge in [0.2, 0.25) is 11.8 Å². The fourth-order valence-electron chi connectivity index (χ4n) is 1.29. The number of rotatable bonds is 2. The molecular weight excluding hydrogens is 246 g/mol. The van der Waals surface area contributed by atoms with Gasteiger partial charge in [-0.1, -0.05) is 0 Å². The van der Waals surface area contributed by atoms with Gasteiger partial charge in [0, 0.05) is 29.5 Å². The van der Waals surface area contributed by atoms with Crippen LogP contribution in [0.25, 0.3) is 0 Å². The van der Waals surface area contributed by atoms with Crippen LogP contribution in [0.2, 0.25) is 0 Å². The molecule has 0 bridgehead atoms. The molecule has 1 aliphatic heterocycles. The molecule has 0 aliphatic carbocycles. The summed E-state index contributed by atoms with van der Waals surface area (Å²) in [5, 5.41) is 7.73. The van der Waals surface area contributed by atoms with Crippen molar-refractivity contribution in [1.82, 2.24) is 10.3 Å². The lowest BCUT2D eigenvalue weighted by atomic mass is 10.3. The molecular formula is C9H11N3O2S2. The number of thioether (sulfide) groups is 1. The average molecular weight is 257 g/mol. The number of carbonyl (C=O) groups excluding carboxylic acids is 2. The molecule has 0 spiro atoms. The van der Waals surface area contributed by atoms with Crippen LogP contribution >= 0.6 is 23.1 Å². The van der Waals surface area contributed by atoms with Crippen LogP contribution in [-0.4, -0.2) is 34.3 Å². The largest absolute Gasteiger partial charge is 0.343 e. The van der Waals surface area contributed by atoms with E-state index in [1.165, 1.54) is 11.3 Å². The molecule has 0 saturated carbocycles. The van der Waals surface area contributed by atoms with Gasteiger partial charge in [-0.15, -0.1) is 11.3 Å². The highest BCUT2D eigenvalue weighted by Gasteiger charge is 2.23. The van der Waals surface area contributed by atoms with Gasteiger partial charge in [0.1, 0.15) is 6.04 Å². The zero-order chi connectivity index (χ0) is 11.4. The summed E-state index contributed by atoms with van der Waals surface area (Å²) < 4.78 is 0. The Morgan fingerprint density at radius 2 is 2.50 bits per heavy atom. The first-order valence-corrected chi connectivity index (χ1v) is 6.86. The van der Waals surface area contributed by atoms with E-state index in [2.05, 4.69) is 15.6 Å². The van der Waals surface area contributed by atoms with Crippen LogP contribution in [0.4, 0.5) is 5.13 Å². The van der Waals surface area contributed by atoms with Crippen molar-refractivity contribution in [3.05, 3.63) is 11.6 Å². The monoisotopic (exact) mass is 257 g/mol. The Balaban J connectivity index is 1.95. The Morgan fingerprint density at radius 1 is 1.62 bits per heavy atom. The van der Waals surface area contributed by atoms with E-state index >= 15 is 0 Å². The van der Waals surface area contributed by atoms with E-state index in [0.717, 1.165) is 5.75 Å². The quantitative estimate of drug-likeness (QED) is 0.818. The molecule has 2 rings (SSSR count). The second kappa shape index (κ2) is 5.31. The summed E-state index contributed by atoms with van der Waals surface area (Å²) in [6.07, 6.45) is 2.10. The third-order valence-corrected chi connectivity index (χ3v) is 3.82. The van der Waals surface area contributed by atoms with E-state index in [0.29, 0.717) is 17.3 Å². The Morgan fingerprint density at radius 3 is 3.25 bits per heavy atom. The van der Waals surface area contributed by atoms with Crippen molar-refractivity contribution in [2.75, 3.05) is 16.8 Å². The molecule has 7 heteroatoms. The number of hydrogen-bond acceptors (Lipinski definition) is 5. The molecule has 2 N–H and O–H groups in total. The molecule has 0 aromatic carbocycles. The lowest BCUT2D eigenvalue weighted by Crippen LogP contribution is -2.44. The molecule has 86 valence electrons. The molecule has 0 unspecified atom stereocenters. The third-order valence-electron chi connectivity index (χ3n) is 2.07. The topological polar surface area (TPSA) is 71.1 Å². The van der Waals surface area contributed by atoms with E-state index < -0.39 is 6.04 Å². The molecule has 1 saturated heterocycles. The SMILES string of the molecule is O=C1CCSC[C@H](C(=O)Nc2nccs2)N1. The van der Waals surface area contributed by atoms with Gasteiger partial charge in [0.25, 0.3) is 0 Å². The summed E-state index contributed by atoms with van der Waals surface area (Å²) in [5.74, 6) is 1.12. The van der Waals surface area contributed by atoms with Gasteiger partial charge >= 0.3 is 0 Å².